The van der Waals surface area contributed by atoms with Crippen molar-refractivity contribution in [2.75, 3.05) is 0 Å². The molecule has 0 aromatic heterocycles. The van der Waals surface area contributed by atoms with Crippen LogP contribution in [0.1, 0.15) is 91.9 Å². The molecule has 4 nitrogen and oxygen atoms in total. The van der Waals surface area contributed by atoms with Crippen LogP contribution in [-0.4, -0.2) is 28.1 Å². The number of carboxylic acid groups (broad SMARTS) is 1. The third-order valence-electron chi connectivity index (χ3n) is 11.8. The van der Waals surface area contributed by atoms with Gasteiger partial charge in [0.05, 0.1) is 6.10 Å². The molecule has 168 valence electrons. The van der Waals surface area contributed by atoms with Crippen molar-refractivity contribution >= 4 is 11.8 Å². The maximum absolute atomic E-state index is 14.2. The molecule has 0 aliphatic heterocycles. The fourth-order valence-corrected chi connectivity index (χ4v) is 10.4. The fraction of sp³-hybridized carbons (Fsp3) is 0.923. The number of hydrogen-bond donors (Lipinski definition) is 2. The first-order chi connectivity index (χ1) is 14.1. The summed E-state index contributed by atoms with van der Waals surface area (Å²) in [6.07, 6.45) is 9.09. The van der Waals surface area contributed by atoms with Crippen LogP contribution in [0.5, 0.6) is 0 Å². The van der Waals surface area contributed by atoms with Crippen LogP contribution in [0.15, 0.2) is 0 Å². The zero-order valence-electron chi connectivity index (χ0n) is 19.2. The van der Waals surface area contributed by atoms with Crippen molar-refractivity contribution in [3.63, 3.8) is 0 Å². The van der Waals surface area contributed by atoms with Crippen LogP contribution in [0.3, 0.4) is 0 Å². The molecule has 5 rings (SSSR count). The largest absolute Gasteiger partial charge is 0.481 e. The SMILES string of the molecule is CCC12C[C@]13C[C@H](O)CC[C@]3(C)[C@H]1CC[C@]3(C)[C@@H]([C@H](C)CC(=O)O)CC[C@H]3[C@@H]1C2=O. The molecule has 0 aromatic carbocycles. The van der Waals surface area contributed by atoms with Gasteiger partial charge in [0.1, 0.15) is 5.78 Å². The monoisotopic (exact) mass is 416 g/mol. The molecule has 30 heavy (non-hydrogen) atoms. The van der Waals surface area contributed by atoms with E-state index in [-0.39, 0.29) is 46.0 Å². The maximum atomic E-state index is 14.2. The lowest BCUT2D eigenvalue weighted by Crippen LogP contribution is -2.60. The Bertz CT molecular complexity index is 777. The molecule has 0 bridgehead atoms. The second kappa shape index (κ2) is 6.33. The number of Topliss-reactive ketones (excluding diaryl/α,β-unsaturated/α-hetero) is 1. The average molecular weight is 417 g/mol. The number of fused-ring (bicyclic) bond motifs is 4. The fourth-order valence-electron chi connectivity index (χ4n) is 10.4. The summed E-state index contributed by atoms with van der Waals surface area (Å²) in [6, 6.07) is 0. The number of aliphatic hydroxyl groups is 1. The Morgan fingerprint density at radius 3 is 2.53 bits per heavy atom. The minimum Gasteiger partial charge on any atom is -0.481 e. The van der Waals surface area contributed by atoms with Gasteiger partial charge in [-0.15, -0.1) is 0 Å². The molecular formula is C26H40O4. The lowest BCUT2D eigenvalue weighted by Gasteiger charge is -2.62. The first kappa shape index (κ1) is 21.0. The molecule has 0 heterocycles. The van der Waals surface area contributed by atoms with Crippen LogP contribution in [-0.2, 0) is 9.59 Å². The molecule has 2 N–H and O–H groups in total. The van der Waals surface area contributed by atoms with E-state index in [4.69, 9.17) is 0 Å². The first-order valence-electron chi connectivity index (χ1n) is 12.5. The van der Waals surface area contributed by atoms with Gasteiger partial charge in [-0.05, 0) is 97.7 Å². The van der Waals surface area contributed by atoms with E-state index in [0.717, 1.165) is 57.8 Å². The molecule has 5 fully saturated rings. The summed E-state index contributed by atoms with van der Waals surface area (Å²) >= 11 is 0. The van der Waals surface area contributed by atoms with E-state index in [0.29, 0.717) is 23.5 Å². The molecule has 10 atom stereocenters. The molecule has 5 aliphatic rings. The predicted molar refractivity (Wildman–Crippen MR) is 115 cm³/mol. The molecule has 0 aromatic rings. The van der Waals surface area contributed by atoms with Crippen molar-refractivity contribution < 1.29 is 19.8 Å². The van der Waals surface area contributed by atoms with Crippen LogP contribution < -0.4 is 0 Å². The van der Waals surface area contributed by atoms with E-state index in [9.17, 15) is 19.8 Å². The molecule has 5 saturated carbocycles. The topological polar surface area (TPSA) is 74.6 Å². The number of hydrogen-bond acceptors (Lipinski definition) is 3. The van der Waals surface area contributed by atoms with Crippen molar-refractivity contribution in [1.82, 2.24) is 0 Å². The molecule has 0 saturated heterocycles. The number of carbonyl (C=O) groups excluding carboxylic acids is 1. The lowest BCUT2D eigenvalue weighted by atomic mass is 9.41. The Hall–Kier alpha value is -0.900. The Labute approximate surface area is 181 Å². The molecule has 0 radical (unpaired) electrons. The number of carboxylic acids is 1. The summed E-state index contributed by atoms with van der Waals surface area (Å²) in [7, 11) is 0. The summed E-state index contributed by atoms with van der Waals surface area (Å²) in [5, 5.41) is 19.9. The summed E-state index contributed by atoms with van der Waals surface area (Å²) in [5.41, 5.74) is 0.104. The van der Waals surface area contributed by atoms with Gasteiger partial charge in [-0.3, -0.25) is 9.59 Å². The molecular weight excluding hydrogens is 376 g/mol. The van der Waals surface area contributed by atoms with Gasteiger partial charge in [-0.1, -0.05) is 27.7 Å². The van der Waals surface area contributed by atoms with Gasteiger partial charge in [0.15, 0.2) is 0 Å². The smallest absolute Gasteiger partial charge is 0.303 e. The molecule has 1 spiro atoms. The van der Waals surface area contributed by atoms with Gasteiger partial charge >= 0.3 is 5.97 Å². The highest BCUT2D eigenvalue weighted by atomic mass is 16.4. The maximum Gasteiger partial charge on any atom is 0.303 e. The summed E-state index contributed by atoms with van der Waals surface area (Å²) in [4.78, 5) is 25.6. The second-order valence-corrected chi connectivity index (χ2v) is 12.4. The molecule has 4 heteroatoms. The minimum absolute atomic E-state index is 0.0347. The predicted octanol–water partition coefficient (Wildman–Crippen LogP) is 5.08. The van der Waals surface area contributed by atoms with E-state index in [2.05, 4.69) is 27.7 Å². The normalized spacial score (nSPS) is 55.1. The zero-order valence-corrected chi connectivity index (χ0v) is 19.2. The molecule has 1 unspecified atom stereocenters. The van der Waals surface area contributed by atoms with Crippen molar-refractivity contribution in [3.8, 4) is 0 Å². The van der Waals surface area contributed by atoms with E-state index < -0.39 is 5.97 Å². The quantitative estimate of drug-likeness (QED) is 0.670. The minimum atomic E-state index is -0.696. The van der Waals surface area contributed by atoms with Gasteiger partial charge in [0, 0.05) is 17.8 Å². The highest BCUT2D eigenvalue weighted by molar-refractivity contribution is 5.93. The third kappa shape index (κ3) is 2.27. The Balaban J connectivity index is 1.52. The standard InChI is InChI=1S/C26H40O4/c1-5-25-14-26(25)13-16(27)8-11-24(26,4)19-9-10-23(3)17(15(2)12-20(28)29)6-7-18(23)21(19)22(25)30/h15-19,21,27H,5-14H2,1-4H3,(H,28,29)/t15-,16-,17-,18+,19+,21+,23-,24-,25?,26+/m1/s1. The van der Waals surface area contributed by atoms with Gasteiger partial charge in [0.2, 0.25) is 0 Å². The zero-order chi connectivity index (χ0) is 21.7. The highest BCUT2D eigenvalue weighted by Crippen LogP contribution is 2.85. The Morgan fingerprint density at radius 2 is 1.87 bits per heavy atom. The summed E-state index contributed by atoms with van der Waals surface area (Å²) in [6.45, 7) is 9.17. The van der Waals surface area contributed by atoms with E-state index in [1.54, 1.807) is 0 Å². The Morgan fingerprint density at radius 1 is 1.13 bits per heavy atom. The van der Waals surface area contributed by atoms with Gasteiger partial charge in [0.25, 0.3) is 0 Å². The summed E-state index contributed by atoms with van der Waals surface area (Å²) < 4.78 is 0. The highest BCUT2D eigenvalue weighted by Gasteiger charge is 2.83. The summed E-state index contributed by atoms with van der Waals surface area (Å²) in [5.74, 6) is 1.44. The van der Waals surface area contributed by atoms with Crippen LogP contribution in [0.2, 0.25) is 0 Å². The number of aliphatic hydroxyl groups excluding tert-OH is 1. The number of carbonyl (C=O) groups is 2. The van der Waals surface area contributed by atoms with Crippen molar-refractivity contribution in [1.29, 1.82) is 0 Å². The van der Waals surface area contributed by atoms with E-state index >= 15 is 0 Å². The van der Waals surface area contributed by atoms with Crippen molar-refractivity contribution in [2.24, 2.45) is 51.2 Å². The first-order valence-corrected chi connectivity index (χ1v) is 12.5. The average Bonchev–Trinajstić information content (AvgIpc) is 3.21. The van der Waals surface area contributed by atoms with Crippen LogP contribution in [0.25, 0.3) is 0 Å². The van der Waals surface area contributed by atoms with Crippen LogP contribution in [0, 0.1) is 51.2 Å². The van der Waals surface area contributed by atoms with Crippen molar-refractivity contribution in [2.45, 2.75) is 98.0 Å². The van der Waals surface area contributed by atoms with Crippen LogP contribution >= 0.6 is 0 Å². The third-order valence-corrected chi connectivity index (χ3v) is 11.8. The van der Waals surface area contributed by atoms with E-state index in [1.165, 1.54) is 0 Å². The van der Waals surface area contributed by atoms with Crippen LogP contribution in [0.4, 0.5) is 0 Å². The van der Waals surface area contributed by atoms with Gasteiger partial charge in [-0.25, -0.2) is 0 Å². The van der Waals surface area contributed by atoms with Gasteiger partial charge < -0.3 is 10.2 Å². The lowest BCUT2D eigenvalue weighted by molar-refractivity contribution is -0.174. The molecule has 0 amide bonds. The molecule has 5 aliphatic carbocycles. The number of aliphatic carboxylic acids is 1. The Kier molecular flexibility index (Phi) is 4.42. The number of ketones is 1. The van der Waals surface area contributed by atoms with Crippen molar-refractivity contribution in [3.05, 3.63) is 0 Å². The van der Waals surface area contributed by atoms with Gasteiger partial charge in [-0.2, -0.15) is 0 Å². The van der Waals surface area contributed by atoms with E-state index in [1.807, 2.05) is 0 Å². The number of rotatable bonds is 4. The second-order valence-electron chi connectivity index (χ2n) is 12.4.